The van der Waals surface area contributed by atoms with Gasteiger partial charge in [0, 0.05) is 30.9 Å². The second-order valence-corrected chi connectivity index (χ2v) is 5.56. The van der Waals surface area contributed by atoms with Crippen molar-refractivity contribution in [2.24, 2.45) is 0 Å². The molecule has 0 unspecified atom stereocenters. The first-order valence-corrected chi connectivity index (χ1v) is 7.16. The van der Waals surface area contributed by atoms with Crippen molar-refractivity contribution in [3.63, 3.8) is 0 Å². The predicted molar refractivity (Wildman–Crippen MR) is 72.1 cm³/mol. The van der Waals surface area contributed by atoms with Gasteiger partial charge < -0.3 is 9.72 Å². The van der Waals surface area contributed by atoms with E-state index in [-0.39, 0.29) is 11.7 Å². The largest absolute Gasteiger partial charge is 0.368 e. The van der Waals surface area contributed by atoms with Gasteiger partial charge in [-0.25, -0.2) is 4.98 Å². The number of H-pyrrole nitrogens is 1. The lowest BCUT2D eigenvalue weighted by molar-refractivity contribution is -0.0481. The number of aryl methyl sites for hydroxylation is 1. The van der Waals surface area contributed by atoms with Crippen molar-refractivity contribution in [3.05, 3.63) is 27.9 Å². The van der Waals surface area contributed by atoms with Crippen LogP contribution in [0.15, 0.2) is 10.9 Å². The van der Waals surface area contributed by atoms with E-state index >= 15 is 0 Å². The van der Waals surface area contributed by atoms with Crippen LogP contribution >= 0.6 is 0 Å². The molecule has 0 amide bonds. The summed E-state index contributed by atoms with van der Waals surface area (Å²) in [5.41, 5.74) is 0.657. The monoisotopic (exact) mass is 263 g/mol. The maximum absolute atomic E-state index is 11.5. The molecule has 2 fully saturated rings. The van der Waals surface area contributed by atoms with Crippen LogP contribution in [0.25, 0.3) is 0 Å². The van der Waals surface area contributed by atoms with Gasteiger partial charge in [0.15, 0.2) is 0 Å². The van der Waals surface area contributed by atoms with Gasteiger partial charge in [0.25, 0.3) is 5.56 Å². The highest BCUT2D eigenvalue weighted by Gasteiger charge is 2.30. The molecule has 104 valence electrons. The third kappa shape index (κ3) is 2.87. The Morgan fingerprint density at radius 1 is 1.42 bits per heavy atom. The van der Waals surface area contributed by atoms with Crippen LogP contribution in [0.5, 0.6) is 0 Å². The van der Waals surface area contributed by atoms with Crippen LogP contribution in [0.2, 0.25) is 0 Å². The number of morpholine rings is 1. The van der Waals surface area contributed by atoms with E-state index in [1.807, 2.05) is 6.92 Å². The molecule has 1 saturated carbocycles. The molecule has 0 radical (unpaired) electrons. The third-order valence-corrected chi connectivity index (χ3v) is 4.13. The van der Waals surface area contributed by atoms with E-state index in [2.05, 4.69) is 14.9 Å². The Hall–Kier alpha value is -1.20. The summed E-state index contributed by atoms with van der Waals surface area (Å²) in [6.45, 7) is 4.41. The summed E-state index contributed by atoms with van der Waals surface area (Å²) in [5, 5.41) is 0. The average molecular weight is 263 g/mol. The van der Waals surface area contributed by atoms with E-state index < -0.39 is 0 Å². The molecule has 19 heavy (non-hydrogen) atoms. The fourth-order valence-electron chi connectivity index (χ4n) is 3.19. The first kappa shape index (κ1) is 12.8. The first-order valence-electron chi connectivity index (χ1n) is 7.16. The number of hydrogen-bond donors (Lipinski definition) is 1. The van der Waals surface area contributed by atoms with E-state index in [1.165, 1.54) is 31.7 Å². The molecule has 5 nitrogen and oxygen atoms in total. The van der Waals surface area contributed by atoms with Crippen molar-refractivity contribution in [1.29, 1.82) is 0 Å². The number of nitrogens with zero attached hydrogens (tertiary/aromatic N) is 2. The predicted octanol–water partition coefficient (Wildman–Crippen LogP) is 1.39. The highest BCUT2D eigenvalue weighted by atomic mass is 16.5. The van der Waals surface area contributed by atoms with Crippen molar-refractivity contribution in [2.45, 2.75) is 44.8 Å². The zero-order chi connectivity index (χ0) is 13.2. The van der Waals surface area contributed by atoms with E-state index in [4.69, 9.17) is 4.74 Å². The molecule has 1 aliphatic carbocycles. The SMILES string of the molecule is Cc1cc(=O)[nH]c([C@H]2CN(C3CCCC3)CCO2)n1. The van der Waals surface area contributed by atoms with E-state index in [0.717, 1.165) is 25.4 Å². The topological polar surface area (TPSA) is 58.2 Å². The van der Waals surface area contributed by atoms with Gasteiger partial charge in [-0.05, 0) is 19.8 Å². The zero-order valence-corrected chi connectivity index (χ0v) is 11.4. The molecule has 1 N–H and O–H groups in total. The van der Waals surface area contributed by atoms with Crippen LogP contribution in [0.1, 0.15) is 43.3 Å². The number of ether oxygens (including phenoxy) is 1. The van der Waals surface area contributed by atoms with Gasteiger partial charge >= 0.3 is 0 Å². The highest BCUT2D eigenvalue weighted by Crippen LogP contribution is 2.28. The lowest BCUT2D eigenvalue weighted by Gasteiger charge is -2.36. The number of aromatic amines is 1. The van der Waals surface area contributed by atoms with Crippen LogP contribution in [0.3, 0.4) is 0 Å². The molecule has 1 aromatic rings. The molecule has 2 aliphatic rings. The normalized spacial score (nSPS) is 25.8. The molecule has 0 aromatic carbocycles. The quantitative estimate of drug-likeness (QED) is 0.876. The number of rotatable bonds is 2. The average Bonchev–Trinajstić information content (AvgIpc) is 2.92. The molecule has 1 aliphatic heterocycles. The maximum Gasteiger partial charge on any atom is 0.251 e. The summed E-state index contributed by atoms with van der Waals surface area (Å²) in [5.74, 6) is 0.674. The summed E-state index contributed by atoms with van der Waals surface area (Å²) in [6.07, 6.45) is 5.18. The summed E-state index contributed by atoms with van der Waals surface area (Å²) >= 11 is 0. The summed E-state index contributed by atoms with van der Waals surface area (Å²) in [4.78, 5) is 21.3. The van der Waals surface area contributed by atoms with Crippen molar-refractivity contribution in [3.8, 4) is 0 Å². The molecule has 3 rings (SSSR count). The second-order valence-electron chi connectivity index (χ2n) is 5.56. The van der Waals surface area contributed by atoms with Crippen molar-refractivity contribution in [2.75, 3.05) is 19.7 Å². The minimum absolute atomic E-state index is 0.0934. The Labute approximate surface area is 113 Å². The van der Waals surface area contributed by atoms with Crippen molar-refractivity contribution >= 4 is 0 Å². The standard InChI is InChI=1S/C14H21N3O2/c1-10-8-13(18)16-14(15-10)12-9-17(6-7-19-12)11-4-2-3-5-11/h8,11-12H,2-7,9H2,1H3,(H,15,16,18)/t12-/m1/s1. The molecular formula is C14H21N3O2. The first-order chi connectivity index (χ1) is 9.22. The molecular weight excluding hydrogens is 242 g/mol. The van der Waals surface area contributed by atoms with Gasteiger partial charge in [0.1, 0.15) is 11.9 Å². The Kier molecular flexibility index (Phi) is 3.66. The van der Waals surface area contributed by atoms with Crippen molar-refractivity contribution < 1.29 is 4.74 Å². The second kappa shape index (κ2) is 5.43. The molecule has 1 saturated heterocycles. The highest BCUT2D eigenvalue weighted by molar-refractivity contribution is 5.03. The number of nitrogens with one attached hydrogen (secondary N) is 1. The smallest absolute Gasteiger partial charge is 0.251 e. The van der Waals surface area contributed by atoms with Crippen LogP contribution < -0.4 is 5.56 Å². The molecule has 5 heteroatoms. The van der Waals surface area contributed by atoms with Gasteiger partial charge in [-0.15, -0.1) is 0 Å². The summed E-state index contributed by atoms with van der Waals surface area (Å²) in [6, 6.07) is 2.21. The zero-order valence-electron chi connectivity index (χ0n) is 11.4. The van der Waals surface area contributed by atoms with Crippen LogP contribution in [-0.2, 0) is 4.74 Å². The lowest BCUT2D eigenvalue weighted by Crippen LogP contribution is -2.44. The van der Waals surface area contributed by atoms with E-state index in [1.54, 1.807) is 0 Å². The Morgan fingerprint density at radius 3 is 2.95 bits per heavy atom. The fraction of sp³-hybridized carbons (Fsp3) is 0.714. The van der Waals surface area contributed by atoms with Crippen LogP contribution in [0.4, 0.5) is 0 Å². The minimum atomic E-state index is -0.0954. The summed E-state index contributed by atoms with van der Waals surface area (Å²) in [7, 11) is 0. The summed E-state index contributed by atoms with van der Waals surface area (Å²) < 4.78 is 5.79. The molecule has 0 bridgehead atoms. The van der Waals surface area contributed by atoms with Crippen LogP contribution in [-0.4, -0.2) is 40.6 Å². The van der Waals surface area contributed by atoms with Crippen molar-refractivity contribution in [1.82, 2.24) is 14.9 Å². The Balaban J connectivity index is 1.75. The Bertz CT molecular complexity index is 494. The van der Waals surface area contributed by atoms with Gasteiger partial charge in [-0.1, -0.05) is 12.8 Å². The van der Waals surface area contributed by atoms with Gasteiger partial charge in [-0.2, -0.15) is 0 Å². The van der Waals surface area contributed by atoms with Gasteiger partial charge in [0.2, 0.25) is 0 Å². The van der Waals surface area contributed by atoms with Gasteiger partial charge in [-0.3, -0.25) is 9.69 Å². The van der Waals surface area contributed by atoms with Crippen LogP contribution in [0, 0.1) is 6.92 Å². The van der Waals surface area contributed by atoms with E-state index in [0.29, 0.717) is 11.9 Å². The minimum Gasteiger partial charge on any atom is -0.368 e. The molecule has 0 spiro atoms. The number of hydrogen-bond acceptors (Lipinski definition) is 4. The molecule has 2 heterocycles. The lowest BCUT2D eigenvalue weighted by atomic mass is 10.1. The Morgan fingerprint density at radius 2 is 2.21 bits per heavy atom. The van der Waals surface area contributed by atoms with Gasteiger partial charge in [0.05, 0.1) is 6.61 Å². The molecule has 1 atom stereocenters. The molecule has 1 aromatic heterocycles. The fourth-order valence-corrected chi connectivity index (χ4v) is 3.19. The third-order valence-electron chi connectivity index (χ3n) is 4.13. The number of aromatic nitrogens is 2. The van der Waals surface area contributed by atoms with E-state index in [9.17, 15) is 4.79 Å². The maximum atomic E-state index is 11.5.